The zero-order valence-corrected chi connectivity index (χ0v) is 38.3. The molecule has 0 atom stereocenters. The quantitative estimate of drug-likeness (QED) is 0.166. The molecule has 66 heavy (non-hydrogen) atoms. The zero-order valence-electron chi connectivity index (χ0n) is 38.3. The van der Waals surface area contributed by atoms with Crippen LogP contribution in [0.5, 0.6) is 0 Å². The Kier molecular flexibility index (Phi) is 8.10. The maximum atomic E-state index is 2.59. The molecule has 0 aliphatic carbocycles. The van der Waals surface area contributed by atoms with Crippen molar-refractivity contribution in [2.75, 3.05) is 9.80 Å². The van der Waals surface area contributed by atoms with Crippen molar-refractivity contribution in [1.82, 2.24) is 8.80 Å². The number of anilines is 6. The van der Waals surface area contributed by atoms with Crippen LogP contribution in [-0.4, -0.2) is 8.80 Å². The topological polar surface area (TPSA) is 15.3 Å². The number of nitrogens with zero attached hydrogens (tertiary/aromatic N) is 4. The summed E-state index contributed by atoms with van der Waals surface area (Å²) in [5, 5.41) is 10.3. The summed E-state index contributed by atoms with van der Waals surface area (Å²) < 4.78 is 5.17. The van der Waals surface area contributed by atoms with Gasteiger partial charge in [-0.25, -0.2) is 0 Å². The second-order valence-electron chi connectivity index (χ2n) is 20.2. The molecule has 13 rings (SSSR count). The summed E-state index contributed by atoms with van der Waals surface area (Å²) >= 11 is 0. The van der Waals surface area contributed by atoms with Gasteiger partial charge in [-0.1, -0.05) is 151 Å². The predicted octanol–water partition coefficient (Wildman–Crippen LogP) is 17.5. The van der Waals surface area contributed by atoms with E-state index in [4.69, 9.17) is 0 Å². The van der Waals surface area contributed by atoms with E-state index in [1.165, 1.54) is 98.7 Å². The van der Waals surface area contributed by atoms with Crippen LogP contribution in [0.25, 0.3) is 76.2 Å². The molecule has 0 fully saturated rings. The summed E-state index contributed by atoms with van der Waals surface area (Å²) in [6.07, 6.45) is 0. The second-order valence-corrected chi connectivity index (χ2v) is 20.2. The number of para-hydroxylation sites is 4. The molecule has 0 unspecified atom stereocenters. The summed E-state index contributed by atoms with van der Waals surface area (Å²) in [7, 11) is 0. The summed E-state index contributed by atoms with van der Waals surface area (Å²) in [6, 6.07) is 71.8. The number of hydrogen-bond acceptors (Lipinski definition) is 2. The molecule has 4 heteroatoms. The van der Waals surface area contributed by atoms with Crippen molar-refractivity contribution in [3.8, 4) is 0 Å². The summed E-state index contributed by atoms with van der Waals surface area (Å²) in [6.45, 7) is 14.1. The highest BCUT2D eigenvalue weighted by Gasteiger charge is 2.31. The first-order valence-electron chi connectivity index (χ1n) is 23.3. The monoisotopic (exact) mass is 850 g/mol. The molecule has 0 N–H and O–H groups in total. The van der Waals surface area contributed by atoms with Crippen molar-refractivity contribution < 1.29 is 0 Å². The first-order chi connectivity index (χ1) is 32.1. The standard InChI is InChI=1S/C62H50N4/c1-61(2,3)47-29-19-31-49-55(47)57-51(63(39-21-11-7-12-22-39)40-23-13-8-14-24-40)35-33-43-45-38-54-46(37-53(45)65(49)59(43)57)44-34-36-52(64(41-25-15-9-16-26-41)42-27-17-10-18-28-42)58-56-48(62(4,5)6)30-20-32-50(56)66(54)60(44)58/h7-38H,1-6H3. The minimum atomic E-state index is -0.0899. The number of rotatable bonds is 6. The molecular weight excluding hydrogens is 801 g/mol. The van der Waals surface area contributed by atoms with Crippen molar-refractivity contribution in [3.63, 3.8) is 0 Å². The number of fused-ring (bicyclic) bond motifs is 12. The van der Waals surface area contributed by atoms with E-state index in [-0.39, 0.29) is 10.8 Å². The van der Waals surface area contributed by atoms with E-state index in [1.54, 1.807) is 0 Å². The Hall–Kier alpha value is -7.82. The molecule has 0 spiro atoms. The number of aromatic nitrogens is 2. The van der Waals surface area contributed by atoms with Crippen molar-refractivity contribution in [3.05, 3.63) is 205 Å². The van der Waals surface area contributed by atoms with Crippen LogP contribution in [0.2, 0.25) is 0 Å². The lowest BCUT2D eigenvalue weighted by Crippen LogP contribution is -2.12. The highest BCUT2D eigenvalue weighted by molar-refractivity contribution is 6.32. The van der Waals surface area contributed by atoms with Crippen LogP contribution >= 0.6 is 0 Å². The van der Waals surface area contributed by atoms with Gasteiger partial charge < -0.3 is 18.6 Å². The van der Waals surface area contributed by atoms with Gasteiger partial charge in [-0.3, -0.25) is 0 Å². The average Bonchev–Trinajstić information content (AvgIpc) is 4.06. The SMILES string of the molecule is CC(C)(C)c1cccc2c1c1c(N(c3ccccc3)c3ccccc3)ccc3c4cc5c(cc4n2c31)c1ccc(N(c2ccccc2)c2ccccc2)c2c3c(C(C)(C)C)cccc3n5c12. The van der Waals surface area contributed by atoms with Gasteiger partial charge in [0.1, 0.15) is 0 Å². The molecule has 318 valence electrons. The summed E-state index contributed by atoms with van der Waals surface area (Å²) in [5.74, 6) is 0. The minimum Gasteiger partial charge on any atom is -0.310 e. The molecule has 0 bridgehead atoms. The Balaban J connectivity index is 1.19. The van der Waals surface area contributed by atoms with Crippen LogP contribution in [0.4, 0.5) is 34.1 Å². The van der Waals surface area contributed by atoms with Crippen molar-refractivity contribution in [2.45, 2.75) is 52.4 Å². The Morgan fingerprint density at radius 2 is 0.636 bits per heavy atom. The molecule has 4 heterocycles. The number of hydrogen-bond donors (Lipinski definition) is 0. The van der Waals surface area contributed by atoms with Crippen LogP contribution < -0.4 is 9.80 Å². The van der Waals surface area contributed by atoms with E-state index in [0.717, 1.165) is 22.7 Å². The molecule has 0 amide bonds. The summed E-state index contributed by atoms with van der Waals surface area (Å²) in [5.41, 5.74) is 16.9. The van der Waals surface area contributed by atoms with Gasteiger partial charge in [0.2, 0.25) is 0 Å². The lowest BCUT2D eigenvalue weighted by atomic mass is 9.83. The molecule has 13 aromatic rings. The van der Waals surface area contributed by atoms with Gasteiger partial charge in [0, 0.05) is 65.8 Å². The van der Waals surface area contributed by atoms with E-state index in [1.807, 2.05) is 0 Å². The Morgan fingerprint density at radius 3 is 0.955 bits per heavy atom. The van der Waals surface area contributed by atoms with Gasteiger partial charge in [0.05, 0.1) is 44.5 Å². The normalized spacial score (nSPS) is 12.7. The van der Waals surface area contributed by atoms with Gasteiger partial charge in [-0.15, -0.1) is 0 Å². The van der Waals surface area contributed by atoms with E-state index in [9.17, 15) is 0 Å². The first-order valence-corrected chi connectivity index (χ1v) is 23.3. The molecule has 0 saturated carbocycles. The molecule has 0 aliphatic rings. The summed E-state index contributed by atoms with van der Waals surface area (Å²) in [4.78, 5) is 4.89. The van der Waals surface area contributed by atoms with Gasteiger partial charge in [0.25, 0.3) is 0 Å². The molecule has 4 nitrogen and oxygen atoms in total. The molecule has 0 saturated heterocycles. The van der Waals surface area contributed by atoms with Crippen molar-refractivity contribution in [2.24, 2.45) is 0 Å². The van der Waals surface area contributed by atoms with E-state index < -0.39 is 0 Å². The lowest BCUT2D eigenvalue weighted by molar-refractivity contribution is 0.596. The van der Waals surface area contributed by atoms with Gasteiger partial charge >= 0.3 is 0 Å². The fraction of sp³-hybridized carbons (Fsp3) is 0.129. The highest BCUT2D eigenvalue weighted by atomic mass is 15.2. The maximum Gasteiger partial charge on any atom is 0.0641 e. The molecule has 0 aliphatic heterocycles. The zero-order chi connectivity index (χ0) is 44.6. The Bertz CT molecular complexity index is 3640. The first kappa shape index (κ1) is 38.6. The number of benzene rings is 9. The molecule has 4 aromatic heterocycles. The fourth-order valence-corrected chi connectivity index (χ4v) is 11.4. The maximum absolute atomic E-state index is 2.59. The fourth-order valence-electron chi connectivity index (χ4n) is 11.4. The van der Waals surface area contributed by atoms with Crippen molar-refractivity contribution in [1.29, 1.82) is 0 Å². The molecular formula is C62H50N4. The van der Waals surface area contributed by atoms with Gasteiger partial charge in [0.15, 0.2) is 0 Å². The molecule has 9 aromatic carbocycles. The average molecular weight is 851 g/mol. The van der Waals surface area contributed by atoms with Gasteiger partial charge in [-0.2, -0.15) is 0 Å². The second kappa shape index (κ2) is 13.8. The van der Waals surface area contributed by atoms with E-state index >= 15 is 0 Å². The van der Waals surface area contributed by atoms with Crippen LogP contribution in [-0.2, 0) is 10.8 Å². The van der Waals surface area contributed by atoms with Crippen molar-refractivity contribution >= 4 is 110 Å². The third kappa shape index (κ3) is 5.39. The third-order valence-electron chi connectivity index (χ3n) is 14.2. The third-order valence-corrected chi connectivity index (χ3v) is 14.2. The Morgan fingerprint density at radius 1 is 0.303 bits per heavy atom. The van der Waals surface area contributed by atoms with Crippen LogP contribution in [0.15, 0.2) is 194 Å². The lowest BCUT2D eigenvalue weighted by Gasteiger charge is -2.27. The van der Waals surface area contributed by atoms with Crippen LogP contribution in [0, 0.1) is 0 Å². The van der Waals surface area contributed by atoms with Crippen LogP contribution in [0.3, 0.4) is 0 Å². The smallest absolute Gasteiger partial charge is 0.0641 e. The largest absolute Gasteiger partial charge is 0.310 e. The highest BCUT2D eigenvalue weighted by Crippen LogP contribution is 2.53. The van der Waals surface area contributed by atoms with E-state index in [0.29, 0.717) is 0 Å². The Labute approximate surface area is 384 Å². The predicted molar refractivity (Wildman–Crippen MR) is 283 cm³/mol. The molecule has 0 radical (unpaired) electrons. The van der Waals surface area contributed by atoms with E-state index in [2.05, 4.69) is 254 Å². The van der Waals surface area contributed by atoms with Gasteiger partial charge in [-0.05, 0) is 107 Å². The minimum absolute atomic E-state index is 0.0899. The van der Waals surface area contributed by atoms with Crippen LogP contribution in [0.1, 0.15) is 52.7 Å².